The lowest BCUT2D eigenvalue weighted by molar-refractivity contribution is -0.115. The molecule has 1 aromatic rings. The Bertz CT molecular complexity index is 349. The SMILES string of the molecule is O=C(NCCO)C(=NO)c1ccccc1. The van der Waals surface area contributed by atoms with Crippen molar-refractivity contribution in [1.82, 2.24) is 5.32 Å². The van der Waals surface area contributed by atoms with Gasteiger partial charge in [-0.3, -0.25) is 4.79 Å². The lowest BCUT2D eigenvalue weighted by Gasteiger charge is -2.04. The van der Waals surface area contributed by atoms with E-state index in [4.69, 9.17) is 10.3 Å². The summed E-state index contributed by atoms with van der Waals surface area (Å²) in [4.78, 5) is 11.4. The Kier molecular flexibility index (Phi) is 4.30. The number of oxime groups is 1. The van der Waals surface area contributed by atoms with Gasteiger partial charge >= 0.3 is 0 Å². The number of hydrogen-bond donors (Lipinski definition) is 3. The predicted molar refractivity (Wildman–Crippen MR) is 54.9 cm³/mol. The molecule has 1 amide bonds. The smallest absolute Gasteiger partial charge is 0.274 e. The van der Waals surface area contributed by atoms with Crippen molar-refractivity contribution in [3.8, 4) is 0 Å². The number of aliphatic hydroxyl groups is 1. The molecule has 80 valence electrons. The molecule has 0 aliphatic carbocycles. The Labute approximate surface area is 87.0 Å². The molecule has 5 heteroatoms. The molecule has 15 heavy (non-hydrogen) atoms. The zero-order chi connectivity index (χ0) is 11.1. The van der Waals surface area contributed by atoms with E-state index in [2.05, 4.69) is 10.5 Å². The molecule has 0 saturated heterocycles. The van der Waals surface area contributed by atoms with Crippen molar-refractivity contribution in [2.75, 3.05) is 13.2 Å². The highest BCUT2D eigenvalue weighted by Crippen LogP contribution is 2.00. The first kappa shape index (κ1) is 11.2. The van der Waals surface area contributed by atoms with Gasteiger partial charge in [0.25, 0.3) is 5.91 Å². The van der Waals surface area contributed by atoms with Gasteiger partial charge in [0.15, 0.2) is 5.71 Å². The third-order valence-electron chi connectivity index (χ3n) is 1.76. The number of aliphatic hydroxyl groups excluding tert-OH is 1. The number of rotatable bonds is 4. The second-order valence-electron chi connectivity index (χ2n) is 2.79. The van der Waals surface area contributed by atoms with Gasteiger partial charge in [0.1, 0.15) is 0 Å². The molecule has 0 saturated carbocycles. The van der Waals surface area contributed by atoms with Crippen LogP contribution in [0.25, 0.3) is 0 Å². The van der Waals surface area contributed by atoms with Gasteiger partial charge in [0, 0.05) is 12.1 Å². The molecular formula is C10H12N2O3. The lowest BCUT2D eigenvalue weighted by atomic mass is 10.1. The van der Waals surface area contributed by atoms with Crippen molar-refractivity contribution >= 4 is 11.6 Å². The van der Waals surface area contributed by atoms with Crippen LogP contribution in [0, 0.1) is 0 Å². The minimum absolute atomic E-state index is 0.0657. The summed E-state index contributed by atoms with van der Waals surface area (Å²) < 4.78 is 0. The van der Waals surface area contributed by atoms with Crippen LogP contribution >= 0.6 is 0 Å². The third-order valence-corrected chi connectivity index (χ3v) is 1.76. The summed E-state index contributed by atoms with van der Waals surface area (Å²) in [5.41, 5.74) is 0.458. The average Bonchev–Trinajstić information content (AvgIpc) is 2.29. The van der Waals surface area contributed by atoms with Crippen molar-refractivity contribution in [2.45, 2.75) is 0 Å². The summed E-state index contributed by atoms with van der Waals surface area (Å²) in [6.45, 7) is -0.0239. The van der Waals surface area contributed by atoms with E-state index in [9.17, 15) is 4.79 Å². The molecule has 0 aliphatic rings. The van der Waals surface area contributed by atoms with Crippen molar-refractivity contribution in [2.24, 2.45) is 5.16 Å². The first-order chi connectivity index (χ1) is 7.29. The summed E-state index contributed by atoms with van der Waals surface area (Å²) in [6, 6.07) is 8.59. The van der Waals surface area contributed by atoms with Crippen molar-refractivity contribution < 1.29 is 15.1 Å². The highest BCUT2D eigenvalue weighted by molar-refractivity contribution is 6.45. The van der Waals surface area contributed by atoms with Crippen molar-refractivity contribution in [3.63, 3.8) is 0 Å². The zero-order valence-electron chi connectivity index (χ0n) is 8.05. The molecule has 0 radical (unpaired) electrons. The Morgan fingerprint density at radius 3 is 2.53 bits per heavy atom. The standard InChI is InChI=1S/C10H12N2O3/c13-7-6-11-10(14)9(12-15)8-4-2-1-3-5-8/h1-5,13,15H,6-7H2,(H,11,14). The molecule has 5 nitrogen and oxygen atoms in total. The van der Waals surface area contributed by atoms with Crippen molar-refractivity contribution in [1.29, 1.82) is 0 Å². The van der Waals surface area contributed by atoms with E-state index in [1.54, 1.807) is 30.3 Å². The van der Waals surface area contributed by atoms with Gasteiger partial charge in [0.05, 0.1) is 6.61 Å². The van der Waals surface area contributed by atoms with Crippen LogP contribution in [-0.4, -0.2) is 35.1 Å². The Hall–Kier alpha value is -1.88. The fourth-order valence-corrected chi connectivity index (χ4v) is 1.08. The fourth-order valence-electron chi connectivity index (χ4n) is 1.08. The maximum Gasteiger partial charge on any atom is 0.274 e. The van der Waals surface area contributed by atoms with Gasteiger partial charge in [0.2, 0.25) is 0 Å². The van der Waals surface area contributed by atoms with Crippen LogP contribution in [0.15, 0.2) is 35.5 Å². The molecule has 3 N–H and O–H groups in total. The van der Waals surface area contributed by atoms with Crippen molar-refractivity contribution in [3.05, 3.63) is 35.9 Å². The quantitative estimate of drug-likeness (QED) is 0.369. The Morgan fingerprint density at radius 1 is 1.33 bits per heavy atom. The van der Waals surface area contributed by atoms with Gasteiger partial charge in [-0.2, -0.15) is 0 Å². The number of nitrogens with zero attached hydrogens (tertiary/aromatic N) is 1. The molecule has 1 rings (SSSR count). The number of benzene rings is 1. The van der Waals surface area contributed by atoms with E-state index in [-0.39, 0.29) is 18.9 Å². The predicted octanol–water partition coefficient (Wildman–Crippen LogP) is -0.0266. The molecule has 0 aromatic heterocycles. The highest BCUT2D eigenvalue weighted by Gasteiger charge is 2.13. The maximum absolute atomic E-state index is 11.4. The summed E-state index contributed by atoms with van der Waals surface area (Å²) in [6.07, 6.45) is 0. The van der Waals surface area contributed by atoms with E-state index in [0.29, 0.717) is 5.56 Å². The normalized spacial score (nSPS) is 11.1. The highest BCUT2D eigenvalue weighted by atomic mass is 16.4. The molecule has 0 atom stereocenters. The van der Waals surface area contributed by atoms with E-state index < -0.39 is 5.91 Å². The lowest BCUT2D eigenvalue weighted by Crippen LogP contribution is -2.33. The van der Waals surface area contributed by atoms with Crippen LogP contribution in [0.4, 0.5) is 0 Å². The molecule has 0 aliphatic heterocycles. The minimum atomic E-state index is -0.516. The first-order valence-electron chi connectivity index (χ1n) is 4.46. The van der Waals surface area contributed by atoms with Crippen LogP contribution in [0.5, 0.6) is 0 Å². The number of carbonyl (C=O) groups excluding carboxylic acids is 1. The Balaban J connectivity index is 2.78. The number of hydrogen-bond acceptors (Lipinski definition) is 4. The topological polar surface area (TPSA) is 81.9 Å². The summed E-state index contributed by atoms with van der Waals surface area (Å²) in [7, 11) is 0. The molecule has 0 spiro atoms. The fraction of sp³-hybridized carbons (Fsp3) is 0.200. The number of carbonyl (C=O) groups is 1. The van der Waals surface area contributed by atoms with Crippen LogP contribution in [0.1, 0.15) is 5.56 Å². The number of amides is 1. The van der Waals surface area contributed by atoms with Gasteiger partial charge in [-0.05, 0) is 0 Å². The number of nitrogens with one attached hydrogen (secondary N) is 1. The third kappa shape index (κ3) is 3.07. The molecular weight excluding hydrogens is 196 g/mol. The van der Waals surface area contributed by atoms with Crippen LogP contribution in [-0.2, 0) is 4.79 Å². The molecule has 0 unspecified atom stereocenters. The summed E-state index contributed by atoms with van der Waals surface area (Å²) in [5.74, 6) is -0.516. The molecule has 0 fully saturated rings. The maximum atomic E-state index is 11.4. The zero-order valence-corrected chi connectivity index (χ0v) is 8.05. The van der Waals surface area contributed by atoms with Crippen LogP contribution in [0.3, 0.4) is 0 Å². The van der Waals surface area contributed by atoms with E-state index >= 15 is 0 Å². The van der Waals surface area contributed by atoms with Crippen LogP contribution < -0.4 is 5.32 Å². The average molecular weight is 208 g/mol. The first-order valence-corrected chi connectivity index (χ1v) is 4.46. The van der Waals surface area contributed by atoms with E-state index in [1.165, 1.54) is 0 Å². The minimum Gasteiger partial charge on any atom is -0.410 e. The van der Waals surface area contributed by atoms with Crippen LogP contribution in [0.2, 0.25) is 0 Å². The second kappa shape index (κ2) is 5.77. The van der Waals surface area contributed by atoms with Gasteiger partial charge < -0.3 is 15.6 Å². The second-order valence-corrected chi connectivity index (χ2v) is 2.79. The van der Waals surface area contributed by atoms with Gasteiger partial charge in [-0.1, -0.05) is 35.5 Å². The largest absolute Gasteiger partial charge is 0.410 e. The summed E-state index contributed by atoms with van der Waals surface area (Å²) >= 11 is 0. The van der Waals surface area contributed by atoms with Gasteiger partial charge in [-0.25, -0.2) is 0 Å². The molecule has 1 aromatic carbocycles. The molecule has 0 heterocycles. The Morgan fingerprint density at radius 2 is 2.00 bits per heavy atom. The monoisotopic (exact) mass is 208 g/mol. The summed E-state index contributed by atoms with van der Waals surface area (Å²) in [5, 5.41) is 22.6. The van der Waals surface area contributed by atoms with Gasteiger partial charge in [-0.15, -0.1) is 0 Å². The van der Waals surface area contributed by atoms with E-state index in [1.807, 2.05) is 0 Å². The molecule has 0 bridgehead atoms. The van der Waals surface area contributed by atoms with E-state index in [0.717, 1.165) is 0 Å².